The second-order valence-electron chi connectivity index (χ2n) is 5.86. The molecule has 6 heteroatoms. The molecule has 2 rings (SSSR count). The average molecular weight is 325 g/mol. The van der Waals surface area contributed by atoms with Gasteiger partial charge in [0.1, 0.15) is 5.00 Å². The summed E-state index contributed by atoms with van der Waals surface area (Å²) in [5.74, 6) is 0.226. The number of esters is 1. The van der Waals surface area contributed by atoms with Gasteiger partial charge in [-0.3, -0.25) is 5.32 Å². The van der Waals surface area contributed by atoms with Crippen LogP contribution in [0.5, 0.6) is 0 Å². The lowest BCUT2D eigenvalue weighted by atomic mass is 9.88. The Labute approximate surface area is 135 Å². The van der Waals surface area contributed by atoms with Gasteiger partial charge in [-0.1, -0.05) is 6.92 Å². The molecule has 0 saturated carbocycles. The molecule has 0 spiro atoms. The molecule has 0 radical (unpaired) electrons. The van der Waals surface area contributed by atoms with Gasteiger partial charge in [0.05, 0.1) is 18.3 Å². The van der Waals surface area contributed by atoms with E-state index in [1.807, 2.05) is 13.8 Å². The monoisotopic (exact) mass is 325 g/mol. The first-order chi connectivity index (χ1) is 10.4. The predicted octanol–water partition coefficient (Wildman–Crippen LogP) is 4.01. The van der Waals surface area contributed by atoms with E-state index < -0.39 is 6.09 Å². The van der Waals surface area contributed by atoms with Crippen molar-refractivity contribution in [3.8, 4) is 0 Å². The summed E-state index contributed by atoms with van der Waals surface area (Å²) in [4.78, 5) is 25.3. The van der Waals surface area contributed by atoms with Gasteiger partial charge < -0.3 is 9.47 Å². The van der Waals surface area contributed by atoms with Crippen LogP contribution in [-0.2, 0) is 22.3 Å². The molecule has 22 heavy (non-hydrogen) atoms. The van der Waals surface area contributed by atoms with Crippen LogP contribution in [-0.4, -0.2) is 24.8 Å². The number of fused-ring (bicyclic) bond motifs is 1. The van der Waals surface area contributed by atoms with Crippen LogP contribution in [0.25, 0.3) is 0 Å². The van der Waals surface area contributed by atoms with Crippen molar-refractivity contribution in [3.63, 3.8) is 0 Å². The molecule has 1 aliphatic rings. The van der Waals surface area contributed by atoms with Crippen molar-refractivity contribution >= 4 is 28.4 Å². The zero-order valence-corrected chi connectivity index (χ0v) is 14.3. The third-order valence-corrected chi connectivity index (χ3v) is 4.72. The number of hydrogen-bond donors (Lipinski definition) is 1. The third-order valence-electron chi connectivity index (χ3n) is 3.55. The molecule has 1 aliphatic carbocycles. The van der Waals surface area contributed by atoms with E-state index >= 15 is 0 Å². The third kappa shape index (κ3) is 3.80. The molecule has 1 aromatic rings. The van der Waals surface area contributed by atoms with E-state index in [1.54, 1.807) is 6.92 Å². The predicted molar refractivity (Wildman–Crippen MR) is 86.7 cm³/mol. The fraction of sp³-hybridized carbons (Fsp3) is 0.625. The summed E-state index contributed by atoms with van der Waals surface area (Å²) >= 11 is 1.46. The van der Waals surface area contributed by atoms with Crippen LogP contribution in [0.2, 0.25) is 0 Å². The molecule has 122 valence electrons. The van der Waals surface area contributed by atoms with E-state index in [-0.39, 0.29) is 12.1 Å². The van der Waals surface area contributed by atoms with E-state index in [9.17, 15) is 9.59 Å². The number of carbonyl (C=O) groups excluding carboxylic acids is 2. The smallest absolute Gasteiger partial charge is 0.412 e. The molecule has 1 amide bonds. The van der Waals surface area contributed by atoms with Crippen molar-refractivity contribution in [1.29, 1.82) is 0 Å². The largest absolute Gasteiger partial charge is 0.459 e. The van der Waals surface area contributed by atoms with Crippen LogP contribution in [0.1, 0.15) is 54.9 Å². The number of thiophene rings is 1. The maximum atomic E-state index is 12.4. The Morgan fingerprint density at radius 3 is 2.77 bits per heavy atom. The van der Waals surface area contributed by atoms with Crippen LogP contribution >= 0.6 is 11.3 Å². The SMILES string of the molecule is CCOC(=O)Nc1sc2c(c1C(=O)OC(C)C)CC[C@H](C)C2. The van der Waals surface area contributed by atoms with E-state index in [0.717, 1.165) is 24.8 Å². The van der Waals surface area contributed by atoms with Gasteiger partial charge in [0.15, 0.2) is 0 Å². The second-order valence-corrected chi connectivity index (χ2v) is 6.96. The molecule has 0 unspecified atom stereocenters. The first-order valence-electron chi connectivity index (χ1n) is 7.71. The minimum absolute atomic E-state index is 0.194. The van der Waals surface area contributed by atoms with Crippen molar-refractivity contribution < 1.29 is 19.1 Å². The van der Waals surface area contributed by atoms with Crippen LogP contribution in [0.4, 0.5) is 9.80 Å². The summed E-state index contributed by atoms with van der Waals surface area (Å²) in [5, 5.41) is 3.24. The zero-order valence-electron chi connectivity index (χ0n) is 13.5. The van der Waals surface area contributed by atoms with Crippen LogP contribution in [0.15, 0.2) is 0 Å². The van der Waals surface area contributed by atoms with Crippen molar-refractivity contribution in [3.05, 3.63) is 16.0 Å². The Morgan fingerprint density at radius 1 is 1.41 bits per heavy atom. The highest BCUT2D eigenvalue weighted by atomic mass is 32.1. The molecule has 0 saturated heterocycles. The van der Waals surface area contributed by atoms with Crippen molar-refractivity contribution in [1.82, 2.24) is 0 Å². The number of rotatable bonds is 4. The fourth-order valence-electron chi connectivity index (χ4n) is 2.59. The minimum atomic E-state index is -0.534. The number of amides is 1. The summed E-state index contributed by atoms with van der Waals surface area (Å²) in [6.45, 7) is 7.87. The van der Waals surface area contributed by atoms with Gasteiger partial charge in [0, 0.05) is 4.88 Å². The normalized spacial score (nSPS) is 17.0. The number of anilines is 1. The van der Waals surface area contributed by atoms with Gasteiger partial charge >= 0.3 is 12.1 Å². The maximum absolute atomic E-state index is 12.4. The van der Waals surface area contributed by atoms with E-state index in [4.69, 9.17) is 9.47 Å². The first kappa shape index (κ1) is 16.8. The molecule has 0 aromatic carbocycles. The van der Waals surface area contributed by atoms with Crippen LogP contribution in [0, 0.1) is 5.92 Å². The van der Waals surface area contributed by atoms with Crippen LogP contribution < -0.4 is 5.32 Å². The topological polar surface area (TPSA) is 64.6 Å². The summed E-state index contributed by atoms with van der Waals surface area (Å²) in [7, 11) is 0. The highest BCUT2D eigenvalue weighted by molar-refractivity contribution is 7.17. The van der Waals surface area contributed by atoms with Gasteiger partial charge in [-0.05, 0) is 51.5 Å². The molecular formula is C16H23NO4S. The lowest BCUT2D eigenvalue weighted by molar-refractivity contribution is 0.0378. The van der Waals surface area contributed by atoms with Crippen molar-refractivity contribution in [2.24, 2.45) is 5.92 Å². The molecule has 5 nitrogen and oxygen atoms in total. The molecular weight excluding hydrogens is 302 g/mol. The van der Waals surface area contributed by atoms with Crippen molar-refractivity contribution in [2.45, 2.75) is 53.1 Å². The summed E-state index contributed by atoms with van der Waals surface area (Å²) in [5.41, 5.74) is 1.54. The standard InChI is InChI=1S/C16H23NO4S/c1-5-20-16(19)17-14-13(15(18)21-9(2)3)11-7-6-10(4)8-12(11)22-14/h9-10H,5-8H2,1-4H3,(H,17,19)/t10-/m0/s1. The number of ether oxygens (including phenoxy) is 2. The Hall–Kier alpha value is -1.56. The molecule has 1 aromatic heterocycles. The van der Waals surface area contributed by atoms with Gasteiger partial charge in [-0.25, -0.2) is 9.59 Å². The van der Waals surface area contributed by atoms with Gasteiger partial charge in [-0.2, -0.15) is 0 Å². The Kier molecular flexibility index (Phi) is 5.45. The van der Waals surface area contributed by atoms with E-state index in [0.29, 0.717) is 23.1 Å². The Morgan fingerprint density at radius 2 is 2.14 bits per heavy atom. The zero-order chi connectivity index (χ0) is 16.3. The Bertz CT molecular complexity index is 565. The molecule has 1 N–H and O–H groups in total. The number of hydrogen-bond acceptors (Lipinski definition) is 5. The first-order valence-corrected chi connectivity index (χ1v) is 8.53. The van der Waals surface area contributed by atoms with E-state index in [1.165, 1.54) is 16.2 Å². The van der Waals surface area contributed by atoms with Gasteiger partial charge in [0.2, 0.25) is 0 Å². The van der Waals surface area contributed by atoms with Crippen LogP contribution in [0.3, 0.4) is 0 Å². The fourth-order valence-corrected chi connectivity index (χ4v) is 3.97. The molecule has 0 aliphatic heterocycles. The van der Waals surface area contributed by atoms with Crippen molar-refractivity contribution in [2.75, 3.05) is 11.9 Å². The summed E-state index contributed by atoms with van der Waals surface area (Å²) < 4.78 is 10.3. The molecule has 1 atom stereocenters. The lowest BCUT2D eigenvalue weighted by Gasteiger charge is -2.18. The highest BCUT2D eigenvalue weighted by Gasteiger charge is 2.29. The van der Waals surface area contributed by atoms with Gasteiger partial charge in [0.25, 0.3) is 0 Å². The summed E-state index contributed by atoms with van der Waals surface area (Å²) in [6.07, 6.45) is 2.10. The lowest BCUT2D eigenvalue weighted by Crippen LogP contribution is -2.19. The minimum Gasteiger partial charge on any atom is -0.459 e. The molecule has 0 fully saturated rings. The molecule has 1 heterocycles. The Balaban J connectivity index is 2.34. The summed E-state index contributed by atoms with van der Waals surface area (Å²) in [6, 6.07) is 0. The van der Waals surface area contributed by atoms with E-state index in [2.05, 4.69) is 12.2 Å². The highest BCUT2D eigenvalue weighted by Crippen LogP contribution is 2.40. The number of carbonyl (C=O) groups is 2. The number of nitrogens with one attached hydrogen (secondary N) is 1. The van der Waals surface area contributed by atoms with Gasteiger partial charge in [-0.15, -0.1) is 11.3 Å². The second kappa shape index (κ2) is 7.13. The maximum Gasteiger partial charge on any atom is 0.412 e. The average Bonchev–Trinajstić information content (AvgIpc) is 2.74. The molecule has 0 bridgehead atoms. The quantitative estimate of drug-likeness (QED) is 0.850.